The molecule has 0 aromatic carbocycles. The maximum atomic E-state index is 11.3. The number of carbonyl (C=O) groups excluding carboxylic acids is 1. The molecule has 0 aliphatic carbocycles. The predicted octanol–water partition coefficient (Wildman–Crippen LogP) is -0.168. The Labute approximate surface area is 101 Å². The fourth-order valence-corrected chi connectivity index (χ4v) is 1.02. The highest BCUT2D eigenvalue weighted by atomic mass is 16.6. The van der Waals surface area contributed by atoms with Crippen molar-refractivity contribution in [2.45, 2.75) is 45.3 Å². The molecule has 0 radical (unpaired) electrons. The number of aliphatic imine (C=N–C) groups is 1. The van der Waals surface area contributed by atoms with Gasteiger partial charge in [-0.15, -0.1) is 0 Å². The maximum absolute atomic E-state index is 11.3. The number of hydrogen-bond donors (Lipinski definition) is 1. The average molecular weight is 246 g/mol. The zero-order valence-electron chi connectivity index (χ0n) is 10.7. The van der Waals surface area contributed by atoms with Gasteiger partial charge in [0, 0.05) is 12.0 Å². The molecular weight excluding hydrogens is 226 g/mol. The first-order chi connectivity index (χ1) is 7.78. The average Bonchev–Trinajstić information content (AvgIpc) is 2.20. The van der Waals surface area contributed by atoms with Crippen molar-refractivity contribution in [3.63, 3.8) is 0 Å². The Balaban J connectivity index is 4.27. The molecule has 1 atom stereocenters. The number of aliphatic hydroxyl groups is 1. The van der Waals surface area contributed by atoms with E-state index in [0.29, 0.717) is 0 Å². The van der Waals surface area contributed by atoms with Crippen LogP contribution >= 0.6 is 0 Å². The lowest BCUT2D eigenvalue weighted by molar-refractivity contribution is -0.261. The quantitative estimate of drug-likeness (QED) is 0.413. The molecule has 0 aromatic rings. The van der Waals surface area contributed by atoms with Crippen LogP contribution in [0.1, 0.15) is 33.6 Å². The molecule has 0 rings (SSSR count). The number of methoxy groups -OCH3 is 1. The summed E-state index contributed by atoms with van der Waals surface area (Å²) in [6.07, 6.45) is -0.377. The number of carbonyl (C=O) groups is 1. The van der Waals surface area contributed by atoms with Crippen LogP contribution in [0, 0.1) is 0 Å². The van der Waals surface area contributed by atoms with E-state index in [1.54, 1.807) is 20.8 Å². The summed E-state index contributed by atoms with van der Waals surface area (Å²) in [7, 11) is 1.28. The lowest BCUT2D eigenvalue weighted by atomic mass is 10.2. The highest BCUT2D eigenvalue weighted by Gasteiger charge is 2.10. The lowest BCUT2D eigenvalue weighted by Gasteiger charge is -2.30. The summed E-state index contributed by atoms with van der Waals surface area (Å²) in [5, 5.41) is 20.3. The summed E-state index contributed by atoms with van der Waals surface area (Å²) in [6.45, 7) is 4.87. The Hall–Kier alpha value is -1.30. The predicted molar refractivity (Wildman–Crippen MR) is 60.4 cm³/mol. The molecule has 0 amide bonds. The molecule has 0 unspecified atom stereocenters. The highest BCUT2D eigenvalue weighted by Crippen LogP contribution is 2.08. The van der Waals surface area contributed by atoms with E-state index in [2.05, 4.69) is 9.73 Å². The molecule has 0 saturated carbocycles. The second-order valence-corrected chi connectivity index (χ2v) is 4.56. The first-order valence-corrected chi connectivity index (χ1v) is 5.40. The minimum atomic E-state index is -0.735. The number of rotatable bonds is 5. The van der Waals surface area contributed by atoms with E-state index < -0.39 is 23.7 Å². The van der Waals surface area contributed by atoms with Crippen LogP contribution < -0.4 is 5.11 Å². The van der Waals surface area contributed by atoms with Gasteiger partial charge in [-0.3, -0.25) is 9.79 Å². The van der Waals surface area contributed by atoms with Crippen molar-refractivity contribution in [1.82, 2.24) is 0 Å². The van der Waals surface area contributed by atoms with Crippen molar-refractivity contribution in [2.24, 2.45) is 4.99 Å². The van der Waals surface area contributed by atoms with Crippen LogP contribution in [0.2, 0.25) is 0 Å². The molecular formula is C11H20NO5-. The van der Waals surface area contributed by atoms with Gasteiger partial charge in [-0.25, -0.2) is 0 Å². The van der Waals surface area contributed by atoms with Gasteiger partial charge in [0.05, 0.1) is 19.8 Å². The molecule has 0 saturated heterocycles. The number of nitrogens with zero attached hydrogens (tertiary/aromatic N) is 1. The molecule has 100 valence electrons. The van der Waals surface area contributed by atoms with Crippen molar-refractivity contribution in [3.8, 4) is 0 Å². The van der Waals surface area contributed by atoms with Gasteiger partial charge in [0.25, 0.3) is 0 Å². The van der Waals surface area contributed by atoms with Crippen molar-refractivity contribution >= 4 is 12.1 Å². The lowest BCUT2D eigenvalue weighted by Crippen LogP contribution is -2.33. The smallest absolute Gasteiger partial charge is 0.305 e. The molecule has 0 aliphatic rings. The Morgan fingerprint density at radius 1 is 1.47 bits per heavy atom. The van der Waals surface area contributed by atoms with Gasteiger partial charge in [0.15, 0.2) is 0 Å². The summed E-state index contributed by atoms with van der Waals surface area (Å²) < 4.78 is 9.42. The van der Waals surface area contributed by atoms with Gasteiger partial charge >= 0.3 is 5.97 Å². The van der Waals surface area contributed by atoms with Crippen molar-refractivity contribution in [1.29, 1.82) is 0 Å². The van der Waals surface area contributed by atoms with Gasteiger partial charge in [-0.05, 0) is 6.42 Å². The normalized spacial score (nSPS) is 14.3. The fourth-order valence-electron chi connectivity index (χ4n) is 1.02. The number of aliphatic hydroxyl groups excluding tert-OH is 1. The van der Waals surface area contributed by atoms with Gasteiger partial charge in [0.1, 0.15) is 6.08 Å². The first-order valence-electron chi connectivity index (χ1n) is 5.40. The number of ether oxygens (including phenoxy) is 2. The standard InChI is InChI=1S/C11H21NO5/c1-11(2,3)17-10(15)12-8(7-13)5-6-9(14)16-4/h8,13H,5-7H2,1-4H3,(H,12,15)/p-1/t8-/m0/s1. The van der Waals surface area contributed by atoms with E-state index in [-0.39, 0.29) is 19.4 Å². The van der Waals surface area contributed by atoms with Crippen LogP contribution in [0.4, 0.5) is 0 Å². The van der Waals surface area contributed by atoms with Crippen molar-refractivity contribution in [2.75, 3.05) is 13.7 Å². The summed E-state index contributed by atoms with van der Waals surface area (Å²) in [5.74, 6) is -0.400. The zero-order valence-corrected chi connectivity index (χ0v) is 10.7. The van der Waals surface area contributed by atoms with Gasteiger partial charge in [0.2, 0.25) is 0 Å². The topological polar surface area (TPSA) is 91.2 Å². The molecule has 0 heterocycles. The van der Waals surface area contributed by atoms with Crippen LogP contribution in [-0.2, 0) is 14.3 Å². The Morgan fingerprint density at radius 3 is 2.47 bits per heavy atom. The fraction of sp³-hybridized carbons (Fsp3) is 0.818. The van der Waals surface area contributed by atoms with E-state index in [1.165, 1.54) is 7.11 Å². The summed E-state index contributed by atoms with van der Waals surface area (Å²) in [6, 6.07) is -0.635. The van der Waals surface area contributed by atoms with Gasteiger partial charge in [-0.1, -0.05) is 20.8 Å². The molecule has 0 spiro atoms. The molecule has 0 fully saturated rings. The Morgan fingerprint density at radius 2 is 2.06 bits per heavy atom. The summed E-state index contributed by atoms with van der Waals surface area (Å²) >= 11 is 0. The molecule has 6 heteroatoms. The van der Waals surface area contributed by atoms with Crippen LogP contribution in [0.15, 0.2) is 4.99 Å². The summed E-state index contributed by atoms with van der Waals surface area (Å²) in [4.78, 5) is 14.6. The van der Waals surface area contributed by atoms with Crippen molar-refractivity contribution < 1.29 is 24.5 Å². The third-order valence-electron chi connectivity index (χ3n) is 1.80. The maximum Gasteiger partial charge on any atom is 0.305 e. The zero-order chi connectivity index (χ0) is 13.5. The van der Waals surface area contributed by atoms with Gasteiger partial charge in [-0.2, -0.15) is 0 Å². The van der Waals surface area contributed by atoms with E-state index in [4.69, 9.17) is 9.84 Å². The number of hydrogen-bond acceptors (Lipinski definition) is 6. The van der Waals surface area contributed by atoms with Crippen LogP contribution in [0.25, 0.3) is 0 Å². The van der Waals surface area contributed by atoms with E-state index in [9.17, 15) is 9.90 Å². The minimum absolute atomic E-state index is 0.105. The molecule has 0 aliphatic heterocycles. The highest BCUT2D eigenvalue weighted by molar-refractivity contribution is 5.69. The summed E-state index contributed by atoms with van der Waals surface area (Å²) in [5.41, 5.74) is -0.622. The van der Waals surface area contributed by atoms with Gasteiger partial charge < -0.3 is 19.7 Å². The second kappa shape index (κ2) is 7.11. The monoisotopic (exact) mass is 246 g/mol. The largest absolute Gasteiger partial charge is 0.595 e. The van der Waals surface area contributed by atoms with E-state index >= 15 is 0 Å². The van der Waals surface area contributed by atoms with Crippen LogP contribution in [0.3, 0.4) is 0 Å². The molecule has 6 nitrogen and oxygen atoms in total. The van der Waals surface area contributed by atoms with Crippen LogP contribution in [-0.4, -0.2) is 42.5 Å². The molecule has 17 heavy (non-hydrogen) atoms. The third-order valence-corrected chi connectivity index (χ3v) is 1.80. The first kappa shape index (κ1) is 15.7. The minimum Gasteiger partial charge on any atom is -0.595 e. The Kier molecular flexibility index (Phi) is 6.57. The Bertz CT molecular complexity index is 270. The second-order valence-electron chi connectivity index (χ2n) is 4.56. The van der Waals surface area contributed by atoms with E-state index in [0.717, 1.165) is 0 Å². The van der Waals surface area contributed by atoms with E-state index in [1.807, 2.05) is 0 Å². The SMILES string of the molecule is COC(=O)CC[C@@H](CO)N=C([O-])OC(C)(C)C. The number of esters is 1. The third kappa shape index (κ3) is 8.50. The molecule has 1 N–H and O–H groups in total. The molecule has 0 aromatic heterocycles. The van der Waals surface area contributed by atoms with Crippen molar-refractivity contribution in [3.05, 3.63) is 0 Å². The molecule has 0 bridgehead atoms. The van der Waals surface area contributed by atoms with Crippen LogP contribution in [0.5, 0.6) is 0 Å².